The van der Waals surface area contributed by atoms with Crippen LogP contribution in [-0.4, -0.2) is 18.5 Å². The second kappa shape index (κ2) is 6.79. The number of aromatic nitrogens is 1. The van der Waals surface area contributed by atoms with Gasteiger partial charge in [0.25, 0.3) is 0 Å². The van der Waals surface area contributed by atoms with Gasteiger partial charge in [0.2, 0.25) is 15.9 Å². The number of rotatable bonds is 5. The molecular weight excluding hydrogens is 364 g/mol. The van der Waals surface area contributed by atoms with Gasteiger partial charge in [0.05, 0.1) is 16.1 Å². The van der Waals surface area contributed by atoms with Crippen LogP contribution in [0.15, 0.2) is 57.6 Å². The molecule has 4 N–H and O–H groups in total. The Morgan fingerprint density at radius 1 is 1.11 bits per heavy atom. The van der Waals surface area contributed by atoms with Crippen LogP contribution in [0.4, 0.5) is 11.4 Å². The number of aromatic hydroxyl groups is 1. The van der Waals surface area contributed by atoms with Gasteiger partial charge in [0.1, 0.15) is 0 Å². The molecule has 3 aromatic rings. The van der Waals surface area contributed by atoms with Gasteiger partial charge in [0, 0.05) is 5.39 Å². The molecule has 0 radical (unpaired) electrons. The molecule has 0 unspecified atom stereocenters. The minimum atomic E-state index is -3.74. The second-order valence-corrected chi connectivity index (χ2v) is 8.46. The van der Waals surface area contributed by atoms with Crippen LogP contribution in [0.5, 0.6) is 5.88 Å². The predicted octanol–water partition coefficient (Wildman–Crippen LogP) is 4.28. The zero-order valence-electron chi connectivity index (χ0n) is 14.6. The smallest absolute Gasteiger partial charge is 0.238 e. The van der Waals surface area contributed by atoms with Crippen molar-refractivity contribution in [2.45, 2.75) is 30.6 Å². The van der Waals surface area contributed by atoms with Crippen LogP contribution in [0.25, 0.3) is 10.9 Å². The summed E-state index contributed by atoms with van der Waals surface area (Å²) >= 11 is 0. The van der Waals surface area contributed by atoms with E-state index in [1.165, 1.54) is 43.5 Å². The van der Waals surface area contributed by atoms with Gasteiger partial charge in [-0.1, -0.05) is 31.4 Å². The molecule has 27 heavy (non-hydrogen) atoms. The first-order valence-electron chi connectivity index (χ1n) is 8.79. The quantitative estimate of drug-likeness (QED) is 0.569. The van der Waals surface area contributed by atoms with E-state index in [9.17, 15) is 13.5 Å². The summed E-state index contributed by atoms with van der Waals surface area (Å²) in [6.45, 7) is 0. The predicted molar refractivity (Wildman–Crippen MR) is 103 cm³/mol. The molecule has 0 saturated heterocycles. The van der Waals surface area contributed by atoms with Crippen molar-refractivity contribution in [2.75, 3.05) is 0 Å². The molecule has 1 heterocycles. The standard InChI is InChI=1S/C19H20N4O3S/c20-27(25,26)15-9-7-14(8-10-15)22-23-18-17-13(11-12-3-1-4-12)5-2-6-16(17)21-19(18)24/h2,5-10,12,21,24H,1,3-4,11H2,(H2,20,25,26). The topological polar surface area (TPSA) is 121 Å². The lowest BCUT2D eigenvalue weighted by atomic mass is 9.80. The van der Waals surface area contributed by atoms with E-state index in [2.05, 4.69) is 21.3 Å². The number of hydrogen-bond donors (Lipinski definition) is 3. The Morgan fingerprint density at radius 3 is 2.48 bits per heavy atom. The van der Waals surface area contributed by atoms with E-state index in [0.29, 0.717) is 17.3 Å². The Hall–Kier alpha value is -2.71. The van der Waals surface area contributed by atoms with Crippen LogP contribution >= 0.6 is 0 Å². The molecule has 7 nitrogen and oxygen atoms in total. The van der Waals surface area contributed by atoms with Crippen molar-refractivity contribution in [3.63, 3.8) is 0 Å². The monoisotopic (exact) mass is 384 g/mol. The number of benzene rings is 2. The summed E-state index contributed by atoms with van der Waals surface area (Å²) in [6, 6.07) is 11.7. The summed E-state index contributed by atoms with van der Waals surface area (Å²) < 4.78 is 22.6. The van der Waals surface area contributed by atoms with Gasteiger partial charge >= 0.3 is 0 Å². The molecule has 1 aromatic heterocycles. The Kier molecular flexibility index (Phi) is 4.45. The lowest BCUT2D eigenvalue weighted by Crippen LogP contribution is -2.13. The zero-order valence-corrected chi connectivity index (χ0v) is 15.4. The zero-order chi connectivity index (χ0) is 19.0. The number of hydrogen-bond acceptors (Lipinski definition) is 5. The average molecular weight is 384 g/mol. The molecular formula is C19H20N4O3S. The number of nitrogens with zero attached hydrogens (tertiary/aromatic N) is 2. The highest BCUT2D eigenvalue weighted by Crippen LogP contribution is 2.40. The maximum atomic E-state index is 11.3. The van der Waals surface area contributed by atoms with Crippen molar-refractivity contribution < 1.29 is 13.5 Å². The molecule has 1 aliphatic rings. The van der Waals surface area contributed by atoms with E-state index in [1.807, 2.05) is 12.1 Å². The lowest BCUT2D eigenvalue weighted by Gasteiger charge is -2.25. The van der Waals surface area contributed by atoms with Crippen LogP contribution < -0.4 is 5.14 Å². The van der Waals surface area contributed by atoms with Gasteiger partial charge in [0.15, 0.2) is 5.69 Å². The molecule has 1 saturated carbocycles. The number of azo groups is 1. The minimum Gasteiger partial charge on any atom is -0.493 e. The Morgan fingerprint density at radius 2 is 1.85 bits per heavy atom. The normalized spacial score (nSPS) is 15.4. The molecule has 1 fully saturated rings. The van der Waals surface area contributed by atoms with Crippen molar-refractivity contribution in [2.24, 2.45) is 21.3 Å². The highest BCUT2D eigenvalue weighted by atomic mass is 32.2. The number of fused-ring (bicyclic) bond motifs is 1. The first kappa shape index (κ1) is 17.7. The third-order valence-electron chi connectivity index (χ3n) is 5.03. The SMILES string of the molecule is NS(=O)(=O)c1ccc(N=Nc2c(O)[nH]c3cccc(CC4CCC4)c23)cc1. The van der Waals surface area contributed by atoms with E-state index in [0.717, 1.165) is 22.9 Å². The summed E-state index contributed by atoms with van der Waals surface area (Å²) in [4.78, 5) is 2.96. The minimum absolute atomic E-state index is 0.0131. The molecule has 0 aliphatic heterocycles. The molecule has 8 heteroatoms. The van der Waals surface area contributed by atoms with Crippen molar-refractivity contribution in [1.29, 1.82) is 0 Å². The van der Waals surface area contributed by atoms with E-state index >= 15 is 0 Å². The molecule has 140 valence electrons. The fourth-order valence-electron chi connectivity index (χ4n) is 3.37. The second-order valence-electron chi connectivity index (χ2n) is 6.90. The molecule has 4 rings (SSSR count). The Balaban J connectivity index is 1.68. The molecule has 0 spiro atoms. The number of primary sulfonamides is 1. The fraction of sp³-hybridized carbons (Fsp3) is 0.263. The van der Waals surface area contributed by atoms with Crippen molar-refractivity contribution in [1.82, 2.24) is 4.98 Å². The fourth-order valence-corrected chi connectivity index (χ4v) is 3.89. The highest BCUT2D eigenvalue weighted by Gasteiger charge is 2.21. The molecule has 0 atom stereocenters. The van der Waals surface area contributed by atoms with Crippen LogP contribution in [0.2, 0.25) is 0 Å². The van der Waals surface area contributed by atoms with Gasteiger partial charge in [-0.05, 0) is 48.2 Å². The van der Waals surface area contributed by atoms with Gasteiger partial charge in [-0.25, -0.2) is 13.6 Å². The van der Waals surface area contributed by atoms with E-state index < -0.39 is 10.0 Å². The van der Waals surface area contributed by atoms with Crippen LogP contribution in [0.1, 0.15) is 24.8 Å². The summed E-state index contributed by atoms with van der Waals surface area (Å²) in [5.74, 6) is 0.652. The largest absolute Gasteiger partial charge is 0.493 e. The first-order valence-corrected chi connectivity index (χ1v) is 10.3. The number of aromatic amines is 1. The van der Waals surface area contributed by atoms with Crippen LogP contribution in [0.3, 0.4) is 0 Å². The number of sulfonamides is 1. The number of H-pyrrole nitrogens is 1. The van der Waals surface area contributed by atoms with Crippen LogP contribution in [0, 0.1) is 5.92 Å². The van der Waals surface area contributed by atoms with Crippen molar-refractivity contribution >= 4 is 32.3 Å². The third-order valence-corrected chi connectivity index (χ3v) is 5.96. The Labute approximate surface area is 157 Å². The summed E-state index contributed by atoms with van der Waals surface area (Å²) in [5, 5.41) is 24.6. The molecule has 0 amide bonds. The van der Waals surface area contributed by atoms with Gasteiger partial charge in [-0.3, -0.25) is 0 Å². The highest BCUT2D eigenvalue weighted by molar-refractivity contribution is 7.89. The lowest BCUT2D eigenvalue weighted by molar-refractivity contribution is 0.315. The maximum absolute atomic E-state index is 11.3. The maximum Gasteiger partial charge on any atom is 0.238 e. The number of nitrogens with two attached hydrogens (primary N) is 1. The molecule has 0 bridgehead atoms. The molecule has 2 aromatic carbocycles. The van der Waals surface area contributed by atoms with Gasteiger partial charge in [-0.2, -0.15) is 5.11 Å². The summed E-state index contributed by atoms with van der Waals surface area (Å²) in [7, 11) is -3.74. The Bertz CT molecular complexity index is 1110. The van der Waals surface area contributed by atoms with Gasteiger partial charge in [-0.15, -0.1) is 5.11 Å². The van der Waals surface area contributed by atoms with E-state index in [-0.39, 0.29) is 10.8 Å². The molecule has 1 aliphatic carbocycles. The van der Waals surface area contributed by atoms with Crippen molar-refractivity contribution in [3.05, 3.63) is 48.0 Å². The van der Waals surface area contributed by atoms with E-state index in [4.69, 9.17) is 5.14 Å². The summed E-state index contributed by atoms with van der Waals surface area (Å²) in [5.41, 5.74) is 2.83. The van der Waals surface area contributed by atoms with E-state index in [1.54, 1.807) is 0 Å². The van der Waals surface area contributed by atoms with Gasteiger partial charge < -0.3 is 10.1 Å². The number of nitrogens with one attached hydrogen (secondary N) is 1. The summed E-state index contributed by atoms with van der Waals surface area (Å²) in [6.07, 6.45) is 4.71. The third kappa shape index (κ3) is 3.58. The average Bonchev–Trinajstić information content (AvgIpc) is 2.92. The first-order chi connectivity index (χ1) is 12.9. The van der Waals surface area contributed by atoms with Crippen LogP contribution in [-0.2, 0) is 16.4 Å². The van der Waals surface area contributed by atoms with Crippen molar-refractivity contribution in [3.8, 4) is 5.88 Å².